The van der Waals surface area contributed by atoms with Crippen LogP contribution in [-0.2, 0) is 4.74 Å². The highest BCUT2D eigenvalue weighted by Crippen LogP contribution is 2.34. The fourth-order valence-corrected chi connectivity index (χ4v) is 2.12. The van der Waals surface area contributed by atoms with Gasteiger partial charge in [-0.2, -0.15) is 0 Å². The molecule has 1 saturated heterocycles. The van der Waals surface area contributed by atoms with Crippen molar-refractivity contribution in [1.29, 1.82) is 0 Å². The monoisotopic (exact) mass is 192 g/mol. The first-order valence-corrected chi connectivity index (χ1v) is 4.42. The van der Waals surface area contributed by atoms with Crippen LogP contribution in [0.1, 0.15) is 13.8 Å². The highest BCUT2D eigenvalue weighted by molar-refractivity contribution is 9.09. The molecule has 1 atom stereocenters. The highest BCUT2D eigenvalue weighted by atomic mass is 79.9. The minimum Gasteiger partial charge on any atom is -0.381 e. The quantitative estimate of drug-likeness (QED) is 0.579. The molecular formula is C7H13BrO. The Balaban J connectivity index is 2.52. The summed E-state index contributed by atoms with van der Waals surface area (Å²) in [7, 11) is 0. The molecule has 2 heteroatoms. The van der Waals surface area contributed by atoms with Crippen molar-refractivity contribution in [3.05, 3.63) is 0 Å². The van der Waals surface area contributed by atoms with Gasteiger partial charge in [0.25, 0.3) is 0 Å². The summed E-state index contributed by atoms with van der Waals surface area (Å²) >= 11 is 3.47. The third kappa shape index (κ3) is 1.47. The summed E-state index contributed by atoms with van der Waals surface area (Å²) < 4.78 is 5.33. The van der Waals surface area contributed by atoms with E-state index in [4.69, 9.17) is 4.74 Å². The molecule has 0 aromatic heterocycles. The minimum absolute atomic E-state index is 0.392. The van der Waals surface area contributed by atoms with Crippen molar-refractivity contribution in [3.8, 4) is 0 Å². The predicted octanol–water partition coefficient (Wildman–Crippen LogP) is 2.05. The average Bonchev–Trinajstić information content (AvgIpc) is 2.08. The van der Waals surface area contributed by atoms with Gasteiger partial charge < -0.3 is 4.74 Å². The van der Waals surface area contributed by atoms with E-state index >= 15 is 0 Å². The molecule has 54 valence electrons. The second-order valence-corrected chi connectivity index (χ2v) is 4.00. The Labute approximate surface area is 64.9 Å². The fourth-order valence-electron chi connectivity index (χ4n) is 1.06. The van der Waals surface area contributed by atoms with Crippen molar-refractivity contribution in [2.75, 3.05) is 18.5 Å². The van der Waals surface area contributed by atoms with E-state index in [0.29, 0.717) is 11.3 Å². The van der Waals surface area contributed by atoms with Crippen LogP contribution in [-0.4, -0.2) is 18.5 Å². The summed E-state index contributed by atoms with van der Waals surface area (Å²) in [5, 5.41) is 1.07. The third-order valence-corrected chi connectivity index (χ3v) is 2.87. The summed E-state index contributed by atoms with van der Waals surface area (Å²) in [6, 6.07) is 0. The molecule has 1 aliphatic rings. The smallest absolute Gasteiger partial charge is 0.0521 e. The van der Waals surface area contributed by atoms with E-state index in [2.05, 4.69) is 29.8 Å². The van der Waals surface area contributed by atoms with E-state index in [1.54, 1.807) is 0 Å². The topological polar surface area (TPSA) is 9.23 Å². The van der Waals surface area contributed by atoms with E-state index in [1.807, 2.05) is 0 Å². The first-order chi connectivity index (χ1) is 4.17. The normalized spacial score (nSPS) is 33.0. The molecule has 0 bridgehead atoms. The molecule has 9 heavy (non-hydrogen) atoms. The molecule has 1 heterocycles. The Morgan fingerprint density at radius 1 is 1.67 bits per heavy atom. The maximum atomic E-state index is 5.33. The van der Waals surface area contributed by atoms with E-state index in [-0.39, 0.29) is 0 Å². The van der Waals surface area contributed by atoms with Crippen LogP contribution in [0.25, 0.3) is 0 Å². The van der Waals surface area contributed by atoms with E-state index < -0.39 is 0 Å². The van der Waals surface area contributed by atoms with Crippen molar-refractivity contribution in [3.63, 3.8) is 0 Å². The minimum atomic E-state index is 0.392. The van der Waals surface area contributed by atoms with Crippen molar-refractivity contribution in [2.45, 2.75) is 13.8 Å². The Kier molecular flexibility index (Phi) is 2.17. The van der Waals surface area contributed by atoms with Gasteiger partial charge in [-0.3, -0.25) is 0 Å². The summed E-state index contributed by atoms with van der Waals surface area (Å²) in [6.07, 6.45) is 0. The van der Waals surface area contributed by atoms with Crippen LogP contribution in [0.2, 0.25) is 0 Å². The lowest BCUT2D eigenvalue weighted by atomic mass is 9.84. The van der Waals surface area contributed by atoms with Gasteiger partial charge in [0.15, 0.2) is 0 Å². The van der Waals surface area contributed by atoms with Crippen molar-refractivity contribution in [2.24, 2.45) is 11.3 Å². The van der Waals surface area contributed by atoms with E-state index in [9.17, 15) is 0 Å². The van der Waals surface area contributed by atoms with Crippen LogP contribution in [0.4, 0.5) is 0 Å². The molecule has 0 aromatic rings. The Morgan fingerprint density at radius 2 is 2.33 bits per heavy atom. The Morgan fingerprint density at radius 3 is 2.56 bits per heavy atom. The Hall–Kier alpha value is 0.440. The van der Waals surface area contributed by atoms with Crippen molar-refractivity contribution >= 4 is 15.9 Å². The molecule has 1 aliphatic heterocycles. The van der Waals surface area contributed by atoms with Gasteiger partial charge in [-0.15, -0.1) is 0 Å². The first-order valence-electron chi connectivity index (χ1n) is 3.30. The molecule has 0 amide bonds. The van der Waals surface area contributed by atoms with Crippen LogP contribution < -0.4 is 0 Å². The lowest BCUT2D eigenvalue weighted by molar-refractivity contribution is 0.166. The first kappa shape index (κ1) is 7.55. The van der Waals surface area contributed by atoms with Crippen LogP contribution in [0, 0.1) is 11.3 Å². The van der Waals surface area contributed by atoms with Crippen LogP contribution in [0.3, 0.4) is 0 Å². The molecule has 1 nitrogen and oxygen atoms in total. The number of hydrogen-bond acceptors (Lipinski definition) is 1. The molecular weight excluding hydrogens is 180 g/mol. The predicted molar refractivity (Wildman–Crippen MR) is 41.9 cm³/mol. The largest absolute Gasteiger partial charge is 0.381 e. The van der Waals surface area contributed by atoms with Gasteiger partial charge in [0, 0.05) is 5.33 Å². The molecule has 0 spiro atoms. The summed E-state index contributed by atoms with van der Waals surface area (Å²) in [5.74, 6) is 0.706. The number of halogens is 1. The van der Waals surface area contributed by atoms with Gasteiger partial charge in [-0.1, -0.05) is 29.8 Å². The standard InChI is InChI=1S/C7H13BrO/c1-7(2)5-9-4-6(7)3-8/h6H,3-5H2,1-2H3. The molecule has 1 fully saturated rings. The molecule has 0 aromatic carbocycles. The van der Waals surface area contributed by atoms with Crippen LogP contribution >= 0.6 is 15.9 Å². The van der Waals surface area contributed by atoms with E-state index in [0.717, 1.165) is 18.5 Å². The van der Waals surface area contributed by atoms with Crippen LogP contribution in [0.15, 0.2) is 0 Å². The molecule has 0 saturated carbocycles. The lowest BCUT2D eigenvalue weighted by Gasteiger charge is -2.21. The number of alkyl halides is 1. The van der Waals surface area contributed by atoms with Gasteiger partial charge in [-0.05, 0) is 11.3 Å². The average molecular weight is 193 g/mol. The summed E-state index contributed by atoms with van der Waals surface area (Å²) in [6.45, 7) is 6.36. The second kappa shape index (κ2) is 2.59. The highest BCUT2D eigenvalue weighted by Gasteiger charge is 2.34. The lowest BCUT2D eigenvalue weighted by Crippen LogP contribution is -2.22. The molecule has 0 aliphatic carbocycles. The summed E-state index contributed by atoms with van der Waals surface area (Å²) in [4.78, 5) is 0. The third-order valence-electron chi connectivity index (χ3n) is 2.08. The fraction of sp³-hybridized carbons (Fsp3) is 1.00. The molecule has 1 rings (SSSR count). The molecule has 1 unspecified atom stereocenters. The molecule has 0 N–H and O–H groups in total. The van der Waals surface area contributed by atoms with Gasteiger partial charge in [0.05, 0.1) is 13.2 Å². The van der Waals surface area contributed by atoms with Crippen LogP contribution in [0.5, 0.6) is 0 Å². The van der Waals surface area contributed by atoms with Crippen molar-refractivity contribution < 1.29 is 4.74 Å². The number of ether oxygens (including phenoxy) is 1. The SMILES string of the molecule is CC1(C)COCC1CBr. The Bertz CT molecular complexity index is 101. The zero-order valence-electron chi connectivity index (χ0n) is 5.98. The van der Waals surface area contributed by atoms with Gasteiger partial charge >= 0.3 is 0 Å². The maximum absolute atomic E-state index is 5.33. The van der Waals surface area contributed by atoms with Crippen molar-refractivity contribution in [1.82, 2.24) is 0 Å². The van der Waals surface area contributed by atoms with Gasteiger partial charge in [0.1, 0.15) is 0 Å². The maximum Gasteiger partial charge on any atom is 0.0521 e. The zero-order chi connectivity index (χ0) is 6.91. The number of hydrogen-bond donors (Lipinski definition) is 0. The summed E-state index contributed by atoms with van der Waals surface area (Å²) in [5.41, 5.74) is 0.392. The van der Waals surface area contributed by atoms with Gasteiger partial charge in [-0.25, -0.2) is 0 Å². The van der Waals surface area contributed by atoms with E-state index in [1.165, 1.54) is 0 Å². The number of rotatable bonds is 1. The zero-order valence-corrected chi connectivity index (χ0v) is 7.57. The second-order valence-electron chi connectivity index (χ2n) is 3.35. The molecule has 0 radical (unpaired) electrons. The van der Waals surface area contributed by atoms with Gasteiger partial charge in [0.2, 0.25) is 0 Å².